The first-order valence-electron chi connectivity index (χ1n) is 8.33. The number of ether oxygens (including phenoxy) is 1. The molecule has 3 nitrogen and oxygen atoms in total. The predicted octanol–water partition coefficient (Wildman–Crippen LogP) is 5.49. The Morgan fingerprint density at radius 1 is 1.12 bits per heavy atom. The van der Waals surface area contributed by atoms with Crippen LogP contribution in [0.4, 0.5) is 0 Å². The summed E-state index contributed by atoms with van der Waals surface area (Å²) in [6.45, 7) is 4.63. The number of rotatable bonds is 7. The van der Waals surface area contributed by atoms with E-state index < -0.39 is 0 Å². The topological polar surface area (TPSA) is 37.9 Å². The third kappa shape index (κ3) is 4.93. The summed E-state index contributed by atoms with van der Waals surface area (Å²) in [6, 6.07) is 12.5. The lowest BCUT2D eigenvalue weighted by molar-refractivity contribution is 0.414. The van der Waals surface area contributed by atoms with Crippen molar-refractivity contribution in [3.63, 3.8) is 0 Å². The van der Waals surface area contributed by atoms with Crippen LogP contribution >= 0.6 is 24.2 Å². The van der Waals surface area contributed by atoms with Gasteiger partial charge in [-0.25, -0.2) is 0 Å². The highest BCUT2D eigenvalue weighted by molar-refractivity contribution is 7.99. The summed E-state index contributed by atoms with van der Waals surface area (Å²) in [4.78, 5) is 7.90. The number of H-pyrrole nitrogens is 1. The third-order valence-electron chi connectivity index (χ3n) is 4.54. The van der Waals surface area contributed by atoms with Gasteiger partial charge >= 0.3 is 0 Å². The maximum atomic E-state index is 5.21. The number of hydrogen-bond acceptors (Lipinski definition) is 3. The fraction of sp³-hybridized carbons (Fsp3) is 0.350. The predicted molar refractivity (Wildman–Crippen MR) is 110 cm³/mol. The first-order valence-corrected chi connectivity index (χ1v) is 9.37. The van der Waals surface area contributed by atoms with Crippen LogP contribution in [0.3, 0.4) is 0 Å². The van der Waals surface area contributed by atoms with Crippen molar-refractivity contribution < 1.29 is 4.74 Å². The molecule has 0 saturated heterocycles. The van der Waals surface area contributed by atoms with Crippen LogP contribution in [0.15, 0.2) is 48.8 Å². The second-order valence-corrected chi connectivity index (χ2v) is 7.61. The summed E-state index contributed by atoms with van der Waals surface area (Å²) >= 11 is 2.00. The molecule has 0 aliphatic rings. The maximum absolute atomic E-state index is 5.21. The molecule has 0 saturated carbocycles. The Hall–Kier alpha value is -1.65. The first kappa shape index (κ1) is 19.7. The minimum absolute atomic E-state index is 0. The van der Waals surface area contributed by atoms with Crippen molar-refractivity contribution >= 4 is 35.1 Å². The van der Waals surface area contributed by atoms with E-state index in [1.807, 2.05) is 36.3 Å². The third-order valence-corrected chi connectivity index (χ3v) is 6.03. The van der Waals surface area contributed by atoms with E-state index in [1.54, 1.807) is 7.11 Å². The van der Waals surface area contributed by atoms with Gasteiger partial charge in [-0.2, -0.15) is 11.8 Å². The molecule has 2 aromatic heterocycles. The van der Waals surface area contributed by atoms with Crippen LogP contribution in [0.5, 0.6) is 5.75 Å². The van der Waals surface area contributed by atoms with E-state index in [4.69, 9.17) is 4.74 Å². The fourth-order valence-electron chi connectivity index (χ4n) is 2.78. The molecule has 0 aliphatic carbocycles. The van der Waals surface area contributed by atoms with Crippen molar-refractivity contribution in [2.45, 2.75) is 31.3 Å². The highest BCUT2D eigenvalue weighted by atomic mass is 35.5. The average Bonchev–Trinajstić information content (AvgIpc) is 3.10. The van der Waals surface area contributed by atoms with Crippen molar-refractivity contribution in [3.05, 3.63) is 60.0 Å². The molecular formula is C20H25ClN2OS. The van der Waals surface area contributed by atoms with Crippen molar-refractivity contribution in [1.29, 1.82) is 0 Å². The summed E-state index contributed by atoms with van der Waals surface area (Å²) in [6.07, 6.45) is 4.89. The van der Waals surface area contributed by atoms with Crippen LogP contribution in [0.2, 0.25) is 0 Å². The van der Waals surface area contributed by atoms with Gasteiger partial charge in [-0.1, -0.05) is 26.0 Å². The Morgan fingerprint density at radius 3 is 2.60 bits per heavy atom. The summed E-state index contributed by atoms with van der Waals surface area (Å²) in [5.74, 6) is 2.50. The maximum Gasteiger partial charge on any atom is 0.118 e. The zero-order chi connectivity index (χ0) is 16.9. The van der Waals surface area contributed by atoms with E-state index in [9.17, 15) is 0 Å². The van der Waals surface area contributed by atoms with Crippen LogP contribution in [-0.2, 0) is 12.2 Å². The number of thioether (sulfide) groups is 1. The van der Waals surface area contributed by atoms with Gasteiger partial charge in [0.05, 0.1) is 18.3 Å². The molecule has 134 valence electrons. The number of aromatic amines is 1. The largest absolute Gasteiger partial charge is 0.497 e. The van der Waals surface area contributed by atoms with E-state index in [0.29, 0.717) is 11.2 Å². The smallest absolute Gasteiger partial charge is 0.118 e. The second-order valence-electron chi connectivity index (χ2n) is 6.25. The van der Waals surface area contributed by atoms with Gasteiger partial charge in [-0.15, -0.1) is 12.4 Å². The van der Waals surface area contributed by atoms with Crippen molar-refractivity contribution in [3.8, 4) is 5.75 Å². The second kappa shape index (κ2) is 9.16. The summed E-state index contributed by atoms with van der Waals surface area (Å²) in [5, 5.41) is 1.81. The quantitative estimate of drug-likeness (QED) is 0.592. The Kier molecular flexibility index (Phi) is 7.21. The molecule has 0 amide bonds. The van der Waals surface area contributed by atoms with Crippen molar-refractivity contribution in [1.82, 2.24) is 9.97 Å². The van der Waals surface area contributed by atoms with Gasteiger partial charge in [-0.3, -0.25) is 4.98 Å². The monoisotopic (exact) mass is 376 g/mol. The van der Waals surface area contributed by atoms with E-state index in [1.165, 1.54) is 22.2 Å². The fourth-order valence-corrected chi connectivity index (χ4v) is 3.85. The van der Waals surface area contributed by atoms with Gasteiger partial charge in [0.15, 0.2) is 0 Å². The van der Waals surface area contributed by atoms with Gasteiger partial charge < -0.3 is 9.72 Å². The van der Waals surface area contributed by atoms with Crippen LogP contribution in [0.1, 0.15) is 25.1 Å². The zero-order valence-corrected chi connectivity index (χ0v) is 16.5. The van der Waals surface area contributed by atoms with E-state index in [2.05, 4.69) is 48.1 Å². The average molecular weight is 377 g/mol. The molecule has 2 unspecified atom stereocenters. The van der Waals surface area contributed by atoms with Gasteiger partial charge in [0.1, 0.15) is 5.75 Å². The van der Waals surface area contributed by atoms with Gasteiger partial charge in [0, 0.05) is 28.8 Å². The molecule has 25 heavy (non-hydrogen) atoms. The summed E-state index contributed by atoms with van der Waals surface area (Å²) in [5.41, 5.74) is 3.68. The lowest BCUT2D eigenvalue weighted by Gasteiger charge is -2.19. The van der Waals surface area contributed by atoms with Crippen LogP contribution < -0.4 is 4.74 Å². The number of nitrogens with one attached hydrogen (secondary N) is 1. The van der Waals surface area contributed by atoms with Gasteiger partial charge in [0.2, 0.25) is 0 Å². The lowest BCUT2D eigenvalue weighted by atomic mass is 10.0. The molecule has 0 bridgehead atoms. The van der Waals surface area contributed by atoms with Crippen molar-refractivity contribution in [2.24, 2.45) is 5.92 Å². The molecule has 1 N–H and O–H groups in total. The minimum Gasteiger partial charge on any atom is -0.497 e. The molecule has 3 aromatic rings. The van der Waals surface area contributed by atoms with Crippen LogP contribution in [0.25, 0.3) is 10.9 Å². The number of nitrogens with zero attached hydrogens (tertiary/aromatic N) is 1. The molecule has 0 radical (unpaired) electrons. The lowest BCUT2D eigenvalue weighted by Crippen LogP contribution is -2.14. The molecule has 2 heterocycles. The molecule has 3 rings (SSSR count). The number of methoxy groups -OCH3 is 1. The molecule has 1 aromatic carbocycles. The normalized spacial score (nSPS) is 13.2. The Bertz CT molecular complexity index is 788. The number of hydrogen-bond donors (Lipinski definition) is 1. The Balaban J connectivity index is 0.00000225. The highest BCUT2D eigenvalue weighted by Crippen LogP contribution is 2.27. The van der Waals surface area contributed by atoms with Gasteiger partial charge in [0.25, 0.3) is 0 Å². The number of pyridine rings is 1. The summed E-state index contributed by atoms with van der Waals surface area (Å²) < 4.78 is 5.21. The molecule has 0 spiro atoms. The summed E-state index contributed by atoms with van der Waals surface area (Å²) in [7, 11) is 1.70. The standard InChI is InChI=1S/C20H24N2OS.ClH/c1-14(12-19-20-17(8-10-21-19)9-11-22-20)15(2)24-13-16-4-6-18(23-3)7-5-16;/h4-11,14-15,22H,12-13H2,1-3H3;1H. The first-order chi connectivity index (χ1) is 11.7. The molecular weight excluding hydrogens is 352 g/mol. The molecule has 5 heteroatoms. The molecule has 0 fully saturated rings. The Morgan fingerprint density at radius 2 is 1.88 bits per heavy atom. The number of fused-ring (bicyclic) bond motifs is 1. The number of halogens is 1. The van der Waals surface area contributed by atoms with Crippen LogP contribution in [-0.4, -0.2) is 22.3 Å². The zero-order valence-electron chi connectivity index (χ0n) is 14.9. The highest BCUT2D eigenvalue weighted by Gasteiger charge is 2.16. The molecule has 2 atom stereocenters. The number of benzene rings is 1. The van der Waals surface area contributed by atoms with Gasteiger partial charge in [-0.05, 0) is 42.2 Å². The van der Waals surface area contributed by atoms with E-state index >= 15 is 0 Å². The van der Waals surface area contributed by atoms with E-state index in [0.717, 1.165) is 17.9 Å². The van der Waals surface area contributed by atoms with Crippen molar-refractivity contribution in [2.75, 3.05) is 7.11 Å². The van der Waals surface area contributed by atoms with E-state index in [-0.39, 0.29) is 12.4 Å². The number of aromatic nitrogens is 2. The van der Waals surface area contributed by atoms with Crippen LogP contribution in [0, 0.1) is 5.92 Å². The molecule has 0 aliphatic heterocycles. The Labute approximate surface area is 160 Å². The SMILES string of the molecule is COc1ccc(CSC(C)C(C)Cc2nccc3cc[nH]c23)cc1.Cl. The minimum atomic E-state index is 0.